The summed E-state index contributed by atoms with van der Waals surface area (Å²) in [6.45, 7) is 2.06. The summed E-state index contributed by atoms with van der Waals surface area (Å²) in [5.74, 6) is -0.762. The second kappa shape index (κ2) is 4.76. The molecular formula is C11H11NO2S2. The van der Waals surface area contributed by atoms with Crippen LogP contribution in [0.2, 0.25) is 0 Å². The van der Waals surface area contributed by atoms with Crippen LogP contribution in [0.5, 0.6) is 0 Å². The van der Waals surface area contributed by atoms with Crippen LogP contribution < -0.4 is 0 Å². The number of hydrogen-bond acceptors (Lipinski definition) is 4. The highest BCUT2D eigenvalue weighted by atomic mass is 32.1. The van der Waals surface area contributed by atoms with E-state index in [0.29, 0.717) is 6.42 Å². The molecule has 2 aromatic rings. The number of thiazole rings is 1. The SMILES string of the molecule is Cc1ccc(-c2ncc(CCC(=O)O)s2)s1. The largest absolute Gasteiger partial charge is 0.481 e. The van der Waals surface area contributed by atoms with E-state index in [1.807, 2.05) is 0 Å². The van der Waals surface area contributed by atoms with E-state index >= 15 is 0 Å². The molecule has 1 N–H and O–H groups in total. The molecule has 5 heteroatoms. The van der Waals surface area contributed by atoms with Gasteiger partial charge in [0.2, 0.25) is 0 Å². The van der Waals surface area contributed by atoms with Crippen molar-refractivity contribution >= 4 is 28.6 Å². The molecular weight excluding hydrogens is 242 g/mol. The molecule has 0 unspecified atom stereocenters. The van der Waals surface area contributed by atoms with Gasteiger partial charge in [0.15, 0.2) is 0 Å². The lowest BCUT2D eigenvalue weighted by Gasteiger charge is -1.90. The molecule has 3 nitrogen and oxygen atoms in total. The lowest BCUT2D eigenvalue weighted by molar-refractivity contribution is -0.136. The Morgan fingerprint density at radius 2 is 2.25 bits per heavy atom. The summed E-state index contributed by atoms with van der Waals surface area (Å²) in [6.07, 6.45) is 2.51. The van der Waals surface area contributed by atoms with Gasteiger partial charge in [-0.15, -0.1) is 22.7 Å². The van der Waals surface area contributed by atoms with Gasteiger partial charge in [0, 0.05) is 16.0 Å². The van der Waals surface area contributed by atoms with Gasteiger partial charge in [-0.1, -0.05) is 0 Å². The predicted octanol–water partition coefficient (Wildman–Crippen LogP) is 3.20. The Kier molecular flexibility index (Phi) is 3.36. The number of aliphatic carboxylic acids is 1. The fraction of sp³-hybridized carbons (Fsp3) is 0.273. The molecule has 84 valence electrons. The van der Waals surface area contributed by atoms with Crippen molar-refractivity contribution in [3.05, 3.63) is 28.1 Å². The fourth-order valence-corrected chi connectivity index (χ4v) is 3.16. The molecule has 0 saturated carbocycles. The van der Waals surface area contributed by atoms with E-state index in [4.69, 9.17) is 5.11 Å². The van der Waals surface area contributed by atoms with Crippen LogP contribution in [0.25, 0.3) is 9.88 Å². The maximum absolute atomic E-state index is 10.4. The highest BCUT2D eigenvalue weighted by Gasteiger charge is 2.07. The molecule has 0 aromatic carbocycles. The van der Waals surface area contributed by atoms with Gasteiger partial charge < -0.3 is 5.11 Å². The summed E-state index contributed by atoms with van der Waals surface area (Å²) in [7, 11) is 0. The normalized spacial score (nSPS) is 10.6. The lowest BCUT2D eigenvalue weighted by Crippen LogP contribution is -1.95. The van der Waals surface area contributed by atoms with Crippen molar-refractivity contribution in [1.29, 1.82) is 0 Å². The maximum atomic E-state index is 10.4. The molecule has 0 saturated heterocycles. The molecule has 0 radical (unpaired) electrons. The number of carboxylic acids is 1. The van der Waals surface area contributed by atoms with Gasteiger partial charge in [0.05, 0.1) is 11.3 Å². The molecule has 0 aliphatic carbocycles. The molecule has 0 aliphatic rings. The van der Waals surface area contributed by atoms with Gasteiger partial charge >= 0.3 is 5.97 Å². The fourth-order valence-electron chi connectivity index (χ4n) is 1.32. The number of aromatic nitrogens is 1. The number of thiophene rings is 1. The van der Waals surface area contributed by atoms with Gasteiger partial charge in [-0.3, -0.25) is 4.79 Å². The molecule has 2 heterocycles. The number of carboxylic acid groups (broad SMARTS) is 1. The Morgan fingerprint density at radius 3 is 2.88 bits per heavy atom. The molecule has 0 amide bonds. The van der Waals surface area contributed by atoms with E-state index in [0.717, 1.165) is 14.8 Å². The van der Waals surface area contributed by atoms with E-state index in [9.17, 15) is 4.79 Å². The number of rotatable bonds is 4. The van der Waals surface area contributed by atoms with Crippen LogP contribution in [-0.4, -0.2) is 16.1 Å². The summed E-state index contributed by atoms with van der Waals surface area (Å²) in [4.78, 5) is 18.2. The summed E-state index contributed by atoms with van der Waals surface area (Å²) in [5, 5.41) is 9.57. The van der Waals surface area contributed by atoms with E-state index in [1.54, 1.807) is 28.9 Å². The number of hydrogen-bond donors (Lipinski definition) is 1. The third-order valence-corrected chi connectivity index (χ3v) is 4.32. The summed E-state index contributed by atoms with van der Waals surface area (Å²) >= 11 is 3.29. The van der Waals surface area contributed by atoms with Crippen molar-refractivity contribution in [3.8, 4) is 9.88 Å². The van der Waals surface area contributed by atoms with Crippen molar-refractivity contribution in [3.63, 3.8) is 0 Å². The topological polar surface area (TPSA) is 50.2 Å². The Balaban J connectivity index is 2.10. The zero-order valence-corrected chi connectivity index (χ0v) is 10.4. The minimum absolute atomic E-state index is 0.172. The highest BCUT2D eigenvalue weighted by molar-refractivity contribution is 7.21. The minimum atomic E-state index is -0.762. The van der Waals surface area contributed by atoms with Gasteiger partial charge in [0.25, 0.3) is 0 Å². The molecule has 0 fully saturated rings. The molecule has 0 atom stereocenters. The van der Waals surface area contributed by atoms with Crippen molar-refractivity contribution in [2.75, 3.05) is 0 Å². The first kappa shape index (κ1) is 11.3. The molecule has 16 heavy (non-hydrogen) atoms. The average Bonchev–Trinajstić information content (AvgIpc) is 2.83. The Morgan fingerprint density at radius 1 is 1.44 bits per heavy atom. The lowest BCUT2D eigenvalue weighted by atomic mass is 10.3. The number of nitrogens with zero attached hydrogens (tertiary/aromatic N) is 1. The van der Waals surface area contributed by atoms with E-state index < -0.39 is 5.97 Å². The van der Waals surface area contributed by atoms with Crippen molar-refractivity contribution in [1.82, 2.24) is 4.98 Å². The Bertz CT molecular complexity index is 502. The zero-order valence-electron chi connectivity index (χ0n) is 8.77. The third kappa shape index (κ3) is 2.68. The van der Waals surface area contributed by atoms with E-state index in [2.05, 4.69) is 24.0 Å². The van der Waals surface area contributed by atoms with E-state index in [1.165, 1.54) is 4.88 Å². The molecule has 0 bridgehead atoms. The van der Waals surface area contributed by atoms with Gasteiger partial charge in [-0.25, -0.2) is 4.98 Å². The highest BCUT2D eigenvalue weighted by Crippen LogP contribution is 2.31. The molecule has 2 aromatic heterocycles. The number of carbonyl (C=O) groups is 1. The Labute approximate surface area is 101 Å². The van der Waals surface area contributed by atoms with Crippen LogP contribution in [0.15, 0.2) is 18.3 Å². The summed E-state index contributed by atoms with van der Waals surface area (Å²) in [5.41, 5.74) is 0. The first-order valence-corrected chi connectivity index (χ1v) is 6.52. The van der Waals surface area contributed by atoms with E-state index in [-0.39, 0.29) is 6.42 Å². The zero-order chi connectivity index (χ0) is 11.5. The standard InChI is InChI=1S/C11H11NO2S2/c1-7-2-4-9(15-7)11-12-6-8(16-11)3-5-10(13)14/h2,4,6H,3,5H2,1H3,(H,13,14). The van der Waals surface area contributed by atoms with Crippen LogP contribution in [0.1, 0.15) is 16.2 Å². The van der Waals surface area contributed by atoms with Crippen LogP contribution in [0.3, 0.4) is 0 Å². The molecule has 0 aliphatic heterocycles. The van der Waals surface area contributed by atoms with Gasteiger partial charge in [-0.05, 0) is 25.5 Å². The monoisotopic (exact) mass is 253 g/mol. The van der Waals surface area contributed by atoms with Gasteiger partial charge in [0.1, 0.15) is 5.01 Å². The molecule has 0 spiro atoms. The molecule has 2 rings (SSSR count). The average molecular weight is 253 g/mol. The Hall–Kier alpha value is -1.20. The van der Waals surface area contributed by atoms with Crippen LogP contribution >= 0.6 is 22.7 Å². The second-order valence-corrected chi connectivity index (χ2v) is 5.84. The third-order valence-electron chi connectivity index (χ3n) is 2.09. The van der Waals surface area contributed by atoms with Crippen LogP contribution in [0.4, 0.5) is 0 Å². The van der Waals surface area contributed by atoms with Crippen molar-refractivity contribution in [2.24, 2.45) is 0 Å². The number of aryl methyl sites for hydroxylation is 2. The summed E-state index contributed by atoms with van der Waals surface area (Å²) < 4.78 is 0. The van der Waals surface area contributed by atoms with Gasteiger partial charge in [-0.2, -0.15) is 0 Å². The quantitative estimate of drug-likeness (QED) is 0.910. The second-order valence-electron chi connectivity index (χ2n) is 3.44. The van der Waals surface area contributed by atoms with Crippen LogP contribution in [0, 0.1) is 6.92 Å². The van der Waals surface area contributed by atoms with Crippen LogP contribution in [-0.2, 0) is 11.2 Å². The predicted molar refractivity (Wildman–Crippen MR) is 66.1 cm³/mol. The smallest absolute Gasteiger partial charge is 0.303 e. The van der Waals surface area contributed by atoms with Crippen molar-refractivity contribution < 1.29 is 9.90 Å². The minimum Gasteiger partial charge on any atom is -0.481 e. The maximum Gasteiger partial charge on any atom is 0.303 e. The first-order valence-electron chi connectivity index (χ1n) is 4.88. The first-order chi connectivity index (χ1) is 7.65. The summed E-state index contributed by atoms with van der Waals surface area (Å²) in [6, 6.07) is 4.12. The van der Waals surface area contributed by atoms with Crippen molar-refractivity contribution in [2.45, 2.75) is 19.8 Å².